The second-order valence-electron chi connectivity index (χ2n) is 16.2. The van der Waals surface area contributed by atoms with Crippen molar-refractivity contribution in [2.24, 2.45) is 11.8 Å². The minimum Gasteiger partial charge on any atom is -0.481 e. The number of hydrogen-bond acceptors (Lipinski definition) is 17. The van der Waals surface area contributed by atoms with Crippen LogP contribution in [-0.4, -0.2) is 209 Å². The first-order chi connectivity index (χ1) is 29.3. The maximum atomic E-state index is 14.0. The Bertz CT molecular complexity index is 1610. The standard InChI is InChI=1S/C38H63N9O12.CO2.CH4/c1-25(2)34-35(56)37(58)41-36(57)28(21-31(50)51)40-38(59)39-9-5-4-7-26(20-30(49)29-8-6-10-47(29)42-34)19-27(48)22-44-13-11-43(3)12-14-45(23-32(52)53)17-18-46(16-15-44)24-33(54)55;2-1-3;/h25-26,28-29,34,42H,4-24H2,1-3H3,(H,50,51)(H,52,53)(H,54,55)(H2,39,40,59)(H,41,57,58);;1H4/t26?,28-,29-,34-;;/m0../s1. The van der Waals surface area contributed by atoms with Crippen LogP contribution >= 0.6 is 0 Å². The van der Waals surface area contributed by atoms with Crippen molar-refractivity contribution in [3.63, 3.8) is 0 Å². The van der Waals surface area contributed by atoms with Gasteiger partial charge in [0, 0.05) is 78.3 Å². The molecule has 3 fully saturated rings. The fourth-order valence-electron chi connectivity index (χ4n) is 7.53. The van der Waals surface area contributed by atoms with Crippen LogP contribution in [0.3, 0.4) is 0 Å². The maximum absolute atomic E-state index is 14.0. The summed E-state index contributed by atoms with van der Waals surface area (Å²) in [6.07, 6.45) is 2.08. The lowest BCUT2D eigenvalue weighted by Crippen LogP contribution is -2.59. The SMILES string of the molecule is C.CC(C)[C@@H]1NN2CCC[C@H]2C(=O)CC(CC(=O)CN2CCN(C)CCN(CC(=O)O)CCN(CC(=O)O)CC2)CCCCNC(=O)N[C@@H](CC(=O)O)C(=O)NC(=O)C1=O.O=C=O. The first-order valence-electron chi connectivity index (χ1n) is 20.8. The largest absolute Gasteiger partial charge is 0.481 e. The highest BCUT2D eigenvalue weighted by atomic mass is 16.4. The third kappa shape index (κ3) is 21.7. The average molecular weight is 898 g/mol. The lowest BCUT2D eigenvalue weighted by Gasteiger charge is -2.32. The Morgan fingerprint density at radius 3 is 1.79 bits per heavy atom. The van der Waals surface area contributed by atoms with Gasteiger partial charge in [-0.1, -0.05) is 27.7 Å². The van der Waals surface area contributed by atoms with Gasteiger partial charge in [-0.3, -0.25) is 58.4 Å². The van der Waals surface area contributed by atoms with Gasteiger partial charge in [-0.25, -0.2) is 15.2 Å². The van der Waals surface area contributed by atoms with E-state index in [-0.39, 0.29) is 70.1 Å². The quantitative estimate of drug-likeness (QED) is 0.0882. The zero-order valence-electron chi connectivity index (χ0n) is 35.8. The van der Waals surface area contributed by atoms with E-state index in [1.165, 1.54) is 0 Å². The van der Waals surface area contributed by atoms with E-state index in [0.29, 0.717) is 91.0 Å². The number of hydrogen-bond donors (Lipinski definition) is 7. The second kappa shape index (κ2) is 29.4. The van der Waals surface area contributed by atoms with E-state index >= 15 is 0 Å². The molecule has 3 aliphatic heterocycles. The molecule has 23 nitrogen and oxygen atoms in total. The monoisotopic (exact) mass is 897 g/mol. The Morgan fingerprint density at radius 1 is 0.730 bits per heavy atom. The predicted octanol–water partition coefficient (Wildman–Crippen LogP) is -1.87. The lowest BCUT2D eigenvalue weighted by molar-refractivity contribution is -0.192. The highest BCUT2D eigenvalue weighted by Crippen LogP contribution is 2.25. The van der Waals surface area contributed by atoms with Gasteiger partial charge in [-0.05, 0) is 44.6 Å². The number of imide groups is 1. The van der Waals surface area contributed by atoms with Crippen LogP contribution in [0, 0.1) is 11.8 Å². The normalized spacial score (nSPS) is 24.4. The number of carboxylic acids is 3. The highest BCUT2D eigenvalue weighted by molar-refractivity contribution is 6.40. The number of aliphatic carboxylic acids is 3. The molecule has 0 bridgehead atoms. The minimum absolute atomic E-state index is 0. The summed E-state index contributed by atoms with van der Waals surface area (Å²) in [7, 11) is 1.91. The Balaban J connectivity index is 0.00000481. The van der Waals surface area contributed by atoms with Crippen LogP contribution in [0.25, 0.3) is 0 Å². The minimum atomic E-state index is -1.65. The molecule has 23 heteroatoms. The van der Waals surface area contributed by atoms with Gasteiger partial charge in [0.2, 0.25) is 11.7 Å². The van der Waals surface area contributed by atoms with Gasteiger partial charge in [-0.15, -0.1) is 0 Å². The molecule has 63 heavy (non-hydrogen) atoms. The van der Waals surface area contributed by atoms with Crippen LogP contribution in [0.1, 0.15) is 72.6 Å². The van der Waals surface area contributed by atoms with Crippen LogP contribution < -0.4 is 21.4 Å². The van der Waals surface area contributed by atoms with Crippen LogP contribution in [0.5, 0.6) is 0 Å². The first-order valence-corrected chi connectivity index (χ1v) is 20.8. The molecular weight excluding hydrogens is 830 g/mol. The number of nitrogens with one attached hydrogen (secondary N) is 4. The molecule has 0 aromatic heterocycles. The van der Waals surface area contributed by atoms with E-state index in [0.717, 1.165) is 0 Å². The molecule has 0 spiro atoms. The number of Topliss-reactive ketones (excluding diaryl/α,β-unsaturated/α-hetero) is 3. The summed E-state index contributed by atoms with van der Waals surface area (Å²) in [5, 5.41) is 36.6. The number of carbonyl (C=O) groups excluding carboxylic acids is 8. The van der Waals surface area contributed by atoms with Crippen molar-refractivity contribution in [3.05, 3.63) is 0 Å². The fraction of sp³-hybridized carbons (Fsp3) is 0.750. The van der Waals surface area contributed by atoms with Crippen LogP contribution in [-0.2, 0) is 47.9 Å². The molecule has 4 amide bonds. The van der Waals surface area contributed by atoms with Crippen molar-refractivity contribution in [1.82, 2.24) is 46.0 Å². The Labute approximate surface area is 367 Å². The van der Waals surface area contributed by atoms with Crippen molar-refractivity contribution < 1.29 is 68.1 Å². The summed E-state index contributed by atoms with van der Waals surface area (Å²) < 4.78 is 0. The predicted molar refractivity (Wildman–Crippen MR) is 223 cm³/mol. The number of rotatable bonds is 11. The van der Waals surface area contributed by atoms with Gasteiger partial charge in [-0.2, -0.15) is 9.59 Å². The number of carboxylic acid groups (broad SMARTS) is 3. The summed E-state index contributed by atoms with van der Waals surface area (Å²) in [4.78, 5) is 138. The van der Waals surface area contributed by atoms with Crippen molar-refractivity contribution in [2.75, 3.05) is 92.1 Å². The van der Waals surface area contributed by atoms with Crippen molar-refractivity contribution in [1.29, 1.82) is 0 Å². The van der Waals surface area contributed by atoms with Gasteiger partial charge in [0.05, 0.1) is 38.1 Å². The van der Waals surface area contributed by atoms with Crippen molar-refractivity contribution in [2.45, 2.75) is 90.8 Å². The van der Waals surface area contributed by atoms with E-state index in [2.05, 4.69) is 21.0 Å². The van der Waals surface area contributed by atoms with E-state index < -0.39 is 72.0 Å². The summed E-state index contributed by atoms with van der Waals surface area (Å²) in [5.41, 5.74) is 3.04. The number of ketones is 3. The molecule has 3 heterocycles. The maximum Gasteiger partial charge on any atom is 0.373 e. The third-order valence-corrected chi connectivity index (χ3v) is 10.8. The van der Waals surface area contributed by atoms with Crippen LogP contribution in [0.2, 0.25) is 0 Å². The average Bonchev–Trinajstić information content (AvgIpc) is 3.65. The number of amides is 4. The van der Waals surface area contributed by atoms with Gasteiger partial charge in [0.1, 0.15) is 11.8 Å². The van der Waals surface area contributed by atoms with Gasteiger partial charge in [0.25, 0.3) is 5.91 Å². The molecule has 0 radical (unpaired) electrons. The summed E-state index contributed by atoms with van der Waals surface area (Å²) in [6.45, 7) is 7.10. The summed E-state index contributed by atoms with van der Waals surface area (Å²) >= 11 is 0. The molecule has 3 rings (SSSR count). The molecule has 356 valence electrons. The zero-order chi connectivity index (χ0) is 46.4. The molecule has 3 aliphatic rings. The smallest absolute Gasteiger partial charge is 0.373 e. The van der Waals surface area contributed by atoms with E-state index in [9.17, 15) is 58.5 Å². The number of fused-ring (bicyclic) bond motifs is 1. The molecule has 1 unspecified atom stereocenters. The molecule has 0 saturated carbocycles. The Morgan fingerprint density at radius 2 is 1.27 bits per heavy atom. The van der Waals surface area contributed by atoms with Gasteiger partial charge < -0.3 is 30.9 Å². The third-order valence-electron chi connectivity index (χ3n) is 10.8. The summed E-state index contributed by atoms with van der Waals surface area (Å²) in [5.74, 6) is -7.93. The van der Waals surface area contributed by atoms with E-state index in [1.807, 2.05) is 17.3 Å². The van der Waals surface area contributed by atoms with Crippen LogP contribution in [0.15, 0.2) is 0 Å². The molecule has 4 atom stereocenters. The number of urea groups is 1. The summed E-state index contributed by atoms with van der Waals surface area (Å²) in [6, 6.07) is -4.30. The molecule has 0 aliphatic carbocycles. The fourth-order valence-corrected chi connectivity index (χ4v) is 7.53. The Kier molecular flexibility index (Phi) is 26.1. The second-order valence-corrected chi connectivity index (χ2v) is 16.2. The lowest BCUT2D eigenvalue weighted by atomic mass is 9.88. The number of likely N-dealkylation sites (N-methyl/N-ethyl adjacent to an activating group) is 1. The van der Waals surface area contributed by atoms with Gasteiger partial charge in [0.15, 0.2) is 5.78 Å². The highest BCUT2D eigenvalue weighted by Gasteiger charge is 2.38. The zero-order valence-corrected chi connectivity index (χ0v) is 35.8. The molecular formula is C40H67N9O14. The van der Waals surface area contributed by atoms with E-state index in [1.54, 1.807) is 28.7 Å². The van der Waals surface area contributed by atoms with E-state index in [4.69, 9.17) is 9.59 Å². The first kappa shape index (κ1) is 56.0. The Hall–Kier alpha value is -5.03. The molecule has 7 N–H and O–H groups in total. The molecule has 0 aromatic carbocycles. The topological polar surface area (TPSA) is 313 Å². The van der Waals surface area contributed by atoms with Crippen molar-refractivity contribution in [3.8, 4) is 0 Å². The van der Waals surface area contributed by atoms with Crippen LogP contribution in [0.4, 0.5) is 4.79 Å². The van der Waals surface area contributed by atoms with Crippen molar-refractivity contribution >= 4 is 59.3 Å². The van der Waals surface area contributed by atoms with Gasteiger partial charge >= 0.3 is 30.1 Å². The molecule has 3 saturated heterocycles. The number of nitrogens with zero attached hydrogens (tertiary/aromatic N) is 5. The molecule has 0 aromatic rings. The number of hydrazine groups is 1. The number of carbonyl (C=O) groups is 9.